The topological polar surface area (TPSA) is 76.2 Å². The van der Waals surface area contributed by atoms with Crippen molar-refractivity contribution in [2.24, 2.45) is 0 Å². The Labute approximate surface area is 198 Å². The number of piperidine rings is 1. The smallest absolute Gasteiger partial charge is 0.264 e. The van der Waals surface area contributed by atoms with Crippen molar-refractivity contribution in [1.29, 1.82) is 0 Å². The van der Waals surface area contributed by atoms with E-state index in [1.165, 1.54) is 34.9 Å². The van der Waals surface area contributed by atoms with Gasteiger partial charge in [0.25, 0.3) is 5.56 Å². The molecule has 0 radical (unpaired) electrons. The molecule has 1 N–H and O–H groups in total. The van der Waals surface area contributed by atoms with Gasteiger partial charge in [-0.2, -0.15) is 5.10 Å². The third-order valence-electron chi connectivity index (χ3n) is 7.24. The van der Waals surface area contributed by atoms with E-state index >= 15 is 0 Å². The first-order valence-corrected chi connectivity index (χ1v) is 12.1. The zero-order valence-corrected chi connectivity index (χ0v) is 19.2. The Kier molecular flexibility index (Phi) is 5.31. The molecule has 0 atom stereocenters. The monoisotopic (exact) mass is 455 g/mol. The van der Waals surface area contributed by atoms with Crippen molar-refractivity contribution in [3.05, 3.63) is 88.6 Å². The fourth-order valence-electron chi connectivity index (χ4n) is 4.99. The minimum atomic E-state index is -0.916. The molecule has 0 amide bonds. The Hall–Kier alpha value is -3.29. The maximum absolute atomic E-state index is 13.1. The number of rotatable bonds is 6. The van der Waals surface area contributed by atoms with Gasteiger partial charge in [0.2, 0.25) is 0 Å². The van der Waals surface area contributed by atoms with Gasteiger partial charge in [-0.15, -0.1) is 0 Å². The molecule has 3 heterocycles. The van der Waals surface area contributed by atoms with E-state index in [2.05, 4.69) is 39.2 Å². The van der Waals surface area contributed by atoms with E-state index < -0.39 is 5.60 Å². The van der Waals surface area contributed by atoms with Crippen molar-refractivity contribution in [1.82, 2.24) is 24.2 Å². The number of fused-ring (bicyclic) bond motifs is 1. The minimum Gasteiger partial charge on any atom is -0.388 e. The summed E-state index contributed by atoms with van der Waals surface area (Å²) >= 11 is 0. The first-order valence-electron chi connectivity index (χ1n) is 12.1. The fraction of sp³-hybridized carbons (Fsp3) is 0.370. The molecule has 1 saturated carbocycles. The first kappa shape index (κ1) is 21.3. The Morgan fingerprint density at radius 1 is 1.00 bits per heavy atom. The third-order valence-corrected chi connectivity index (χ3v) is 7.24. The lowest BCUT2D eigenvalue weighted by molar-refractivity contribution is -0.0364. The summed E-state index contributed by atoms with van der Waals surface area (Å²) in [5.74, 6) is 0.781. The highest BCUT2D eigenvalue weighted by Gasteiger charge is 2.33. The van der Waals surface area contributed by atoms with Crippen LogP contribution in [0.5, 0.6) is 0 Å². The van der Waals surface area contributed by atoms with Crippen LogP contribution in [0.15, 0.2) is 71.9 Å². The van der Waals surface area contributed by atoms with Gasteiger partial charge < -0.3 is 5.11 Å². The van der Waals surface area contributed by atoms with Gasteiger partial charge in [-0.05, 0) is 54.9 Å². The summed E-state index contributed by atoms with van der Waals surface area (Å²) in [7, 11) is 0. The van der Waals surface area contributed by atoms with Gasteiger partial charge in [-0.1, -0.05) is 42.5 Å². The zero-order chi connectivity index (χ0) is 23.1. The molecule has 2 aromatic carbocycles. The number of aliphatic hydroxyl groups is 1. The molecule has 7 heteroatoms. The molecule has 34 heavy (non-hydrogen) atoms. The van der Waals surface area contributed by atoms with Crippen LogP contribution < -0.4 is 5.56 Å². The summed E-state index contributed by atoms with van der Waals surface area (Å²) in [6.45, 7) is 2.75. The van der Waals surface area contributed by atoms with Crippen molar-refractivity contribution in [2.75, 3.05) is 13.1 Å². The van der Waals surface area contributed by atoms with Crippen LogP contribution in [0.3, 0.4) is 0 Å². The van der Waals surface area contributed by atoms with E-state index in [0.717, 1.165) is 31.2 Å². The summed E-state index contributed by atoms with van der Waals surface area (Å²) in [6, 6.07) is 18.7. The van der Waals surface area contributed by atoms with Crippen LogP contribution in [-0.4, -0.2) is 48.0 Å². The number of para-hydroxylation sites is 1. The zero-order valence-electron chi connectivity index (χ0n) is 19.2. The Morgan fingerprint density at radius 2 is 1.74 bits per heavy atom. The van der Waals surface area contributed by atoms with Gasteiger partial charge in [-0.25, -0.2) is 9.67 Å². The van der Waals surface area contributed by atoms with Gasteiger partial charge in [-0.3, -0.25) is 14.3 Å². The lowest BCUT2D eigenvalue weighted by Gasteiger charge is -2.38. The van der Waals surface area contributed by atoms with Crippen LogP contribution >= 0.6 is 0 Å². The van der Waals surface area contributed by atoms with E-state index in [-0.39, 0.29) is 12.1 Å². The molecule has 2 aromatic heterocycles. The molecule has 0 bridgehead atoms. The van der Waals surface area contributed by atoms with E-state index in [0.29, 0.717) is 23.9 Å². The van der Waals surface area contributed by atoms with Crippen molar-refractivity contribution >= 4 is 11.0 Å². The second kappa shape index (κ2) is 8.49. The Morgan fingerprint density at radius 3 is 2.44 bits per heavy atom. The molecular weight excluding hydrogens is 426 g/mol. The van der Waals surface area contributed by atoms with Crippen molar-refractivity contribution in [2.45, 2.75) is 50.3 Å². The van der Waals surface area contributed by atoms with Crippen molar-refractivity contribution in [3.63, 3.8) is 0 Å². The first-order chi connectivity index (χ1) is 16.6. The van der Waals surface area contributed by atoms with Crippen LogP contribution in [-0.2, 0) is 13.1 Å². The normalized spacial score (nSPS) is 18.4. The predicted molar refractivity (Wildman–Crippen MR) is 131 cm³/mol. The van der Waals surface area contributed by atoms with E-state index in [9.17, 15) is 9.90 Å². The molecule has 6 rings (SSSR count). The highest BCUT2D eigenvalue weighted by molar-refractivity contribution is 5.74. The molecule has 0 spiro atoms. The average molecular weight is 456 g/mol. The molecule has 7 nitrogen and oxygen atoms in total. The highest BCUT2D eigenvalue weighted by Crippen LogP contribution is 2.40. The molecule has 174 valence electrons. The molecule has 0 unspecified atom stereocenters. The number of likely N-dealkylation sites (tertiary alicyclic amines) is 1. The molecule has 2 fully saturated rings. The van der Waals surface area contributed by atoms with Gasteiger partial charge in [0, 0.05) is 19.6 Å². The van der Waals surface area contributed by atoms with E-state index in [1.807, 2.05) is 30.3 Å². The van der Waals surface area contributed by atoms with Crippen LogP contribution in [0.1, 0.15) is 42.7 Å². The second-order valence-corrected chi connectivity index (χ2v) is 9.82. The second-order valence-electron chi connectivity index (χ2n) is 9.82. The maximum atomic E-state index is 13.1. The Balaban J connectivity index is 1.13. The summed E-state index contributed by atoms with van der Waals surface area (Å²) in [5.41, 5.74) is 3.08. The van der Waals surface area contributed by atoms with Gasteiger partial charge in [0.15, 0.2) is 5.65 Å². The highest BCUT2D eigenvalue weighted by atomic mass is 16.3. The molecular formula is C27H29N5O2. The number of hydrogen-bond donors (Lipinski definition) is 1. The number of aromatic nitrogens is 4. The summed E-state index contributed by atoms with van der Waals surface area (Å²) in [5, 5.41) is 16.1. The molecule has 2 aliphatic rings. The van der Waals surface area contributed by atoms with Crippen molar-refractivity contribution in [3.8, 4) is 5.69 Å². The number of hydrogen-bond acceptors (Lipinski definition) is 5. The molecule has 4 aromatic rings. The lowest BCUT2D eigenvalue weighted by atomic mass is 9.91. The van der Waals surface area contributed by atoms with Crippen LogP contribution in [0.4, 0.5) is 0 Å². The summed E-state index contributed by atoms with van der Waals surface area (Å²) in [6.07, 6.45) is 7.00. The van der Waals surface area contributed by atoms with Crippen LogP contribution in [0.25, 0.3) is 16.7 Å². The standard InChI is InChI=1S/C27H29N5O2/c33-26-24-16-29-32(23-4-2-1-3-5-23)25(24)28-19-31(26)18-27(34)12-14-30(15-13-27)17-20-6-8-21(9-7-20)22-10-11-22/h1-9,16,19,22,34H,10-15,17-18H2. The van der Waals surface area contributed by atoms with Crippen molar-refractivity contribution < 1.29 is 5.11 Å². The lowest BCUT2D eigenvalue weighted by Crippen LogP contribution is -2.47. The third kappa shape index (κ3) is 4.17. The fourth-order valence-corrected chi connectivity index (χ4v) is 4.99. The predicted octanol–water partition coefficient (Wildman–Crippen LogP) is 3.49. The average Bonchev–Trinajstić information content (AvgIpc) is 3.62. The largest absolute Gasteiger partial charge is 0.388 e. The Bertz CT molecular complexity index is 1350. The minimum absolute atomic E-state index is 0.168. The molecule has 1 aliphatic heterocycles. The van der Waals surface area contributed by atoms with Crippen LogP contribution in [0, 0.1) is 0 Å². The SMILES string of the molecule is O=c1c2cnn(-c3ccccc3)c2ncn1CC1(O)CCN(Cc2ccc(C3CC3)cc2)CC1. The van der Waals surface area contributed by atoms with Gasteiger partial charge >= 0.3 is 0 Å². The summed E-state index contributed by atoms with van der Waals surface area (Å²) in [4.78, 5) is 20.0. The number of benzene rings is 2. The van der Waals surface area contributed by atoms with Gasteiger partial charge in [0.05, 0.1) is 24.0 Å². The maximum Gasteiger partial charge on any atom is 0.264 e. The van der Waals surface area contributed by atoms with E-state index in [4.69, 9.17) is 0 Å². The molecule has 1 aliphatic carbocycles. The number of nitrogens with zero attached hydrogens (tertiary/aromatic N) is 5. The van der Waals surface area contributed by atoms with E-state index in [1.54, 1.807) is 10.9 Å². The molecule has 1 saturated heterocycles. The van der Waals surface area contributed by atoms with Gasteiger partial charge in [0.1, 0.15) is 11.7 Å². The van der Waals surface area contributed by atoms with Crippen LogP contribution in [0.2, 0.25) is 0 Å². The summed E-state index contributed by atoms with van der Waals surface area (Å²) < 4.78 is 3.21. The quantitative estimate of drug-likeness (QED) is 0.482.